The van der Waals surface area contributed by atoms with Crippen LogP contribution in [0.3, 0.4) is 0 Å². The van der Waals surface area contributed by atoms with Gasteiger partial charge in [-0.25, -0.2) is 5.48 Å². The van der Waals surface area contributed by atoms with E-state index in [1.807, 2.05) is 0 Å². The molecule has 88 valence electrons. The Morgan fingerprint density at radius 1 is 1.12 bits per heavy atom. The van der Waals surface area contributed by atoms with Gasteiger partial charge in [-0.1, -0.05) is 0 Å². The van der Waals surface area contributed by atoms with Gasteiger partial charge in [0.1, 0.15) is 0 Å². The fourth-order valence-electron chi connectivity index (χ4n) is 1.28. The molecule has 16 heavy (non-hydrogen) atoms. The van der Waals surface area contributed by atoms with Crippen LogP contribution in [0.25, 0.3) is 0 Å². The molecule has 6 heteroatoms. The van der Waals surface area contributed by atoms with Gasteiger partial charge in [-0.05, 0) is 12.1 Å². The van der Waals surface area contributed by atoms with Gasteiger partial charge in [0.05, 0.1) is 21.3 Å². The van der Waals surface area contributed by atoms with Crippen molar-refractivity contribution in [3.05, 3.63) is 17.7 Å². The highest BCUT2D eigenvalue weighted by molar-refractivity contribution is 5.94. The first-order valence-corrected chi connectivity index (χ1v) is 4.42. The number of carbonyl (C=O) groups is 1. The fourth-order valence-corrected chi connectivity index (χ4v) is 1.28. The molecule has 0 saturated heterocycles. The number of nitrogens with one attached hydrogen (secondary N) is 1. The summed E-state index contributed by atoms with van der Waals surface area (Å²) in [4.78, 5) is 11.2. The number of methoxy groups -OCH3 is 3. The van der Waals surface area contributed by atoms with Crippen LogP contribution in [0.15, 0.2) is 12.1 Å². The molecule has 0 radical (unpaired) electrons. The largest absolute Gasteiger partial charge is 0.493 e. The van der Waals surface area contributed by atoms with Crippen LogP contribution in [0.2, 0.25) is 0 Å². The predicted molar refractivity (Wildman–Crippen MR) is 55.4 cm³/mol. The van der Waals surface area contributed by atoms with Crippen molar-refractivity contribution in [2.45, 2.75) is 0 Å². The van der Waals surface area contributed by atoms with Gasteiger partial charge in [0.25, 0.3) is 5.91 Å². The average molecular weight is 227 g/mol. The van der Waals surface area contributed by atoms with E-state index in [1.165, 1.54) is 38.9 Å². The molecule has 2 N–H and O–H groups in total. The summed E-state index contributed by atoms with van der Waals surface area (Å²) < 4.78 is 15.2. The number of hydroxylamine groups is 1. The van der Waals surface area contributed by atoms with Crippen LogP contribution in [0.4, 0.5) is 0 Å². The number of rotatable bonds is 4. The van der Waals surface area contributed by atoms with Crippen molar-refractivity contribution in [2.24, 2.45) is 0 Å². The Bertz CT molecular complexity index is 366. The quantitative estimate of drug-likeness (QED) is 0.588. The normalized spacial score (nSPS) is 9.50. The second-order valence-electron chi connectivity index (χ2n) is 2.85. The van der Waals surface area contributed by atoms with Crippen molar-refractivity contribution in [1.82, 2.24) is 5.48 Å². The highest BCUT2D eigenvalue weighted by Gasteiger charge is 2.16. The molecule has 0 fully saturated rings. The van der Waals surface area contributed by atoms with Crippen LogP contribution < -0.4 is 19.7 Å². The third-order valence-corrected chi connectivity index (χ3v) is 2.03. The van der Waals surface area contributed by atoms with Gasteiger partial charge in [-0.2, -0.15) is 0 Å². The summed E-state index contributed by atoms with van der Waals surface area (Å²) in [5.74, 6) is 0.430. The van der Waals surface area contributed by atoms with E-state index in [1.54, 1.807) is 0 Å². The van der Waals surface area contributed by atoms with Gasteiger partial charge in [0.15, 0.2) is 11.5 Å². The van der Waals surface area contributed by atoms with Crippen molar-refractivity contribution in [2.75, 3.05) is 21.3 Å². The fraction of sp³-hybridized carbons (Fsp3) is 0.300. The number of benzene rings is 1. The van der Waals surface area contributed by atoms with Crippen LogP contribution in [0, 0.1) is 0 Å². The van der Waals surface area contributed by atoms with Gasteiger partial charge in [-0.3, -0.25) is 10.0 Å². The maximum atomic E-state index is 11.2. The first kappa shape index (κ1) is 12.1. The van der Waals surface area contributed by atoms with Gasteiger partial charge in [0, 0.05) is 5.56 Å². The molecule has 1 amide bonds. The molecule has 0 bridgehead atoms. The monoisotopic (exact) mass is 227 g/mol. The molecule has 0 unspecified atom stereocenters. The SMILES string of the molecule is COc1cc(C(=O)NO)cc(OC)c1OC. The molecule has 0 aromatic heterocycles. The molecule has 0 saturated carbocycles. The maximum absolute atomic E-state index is 11.2. The van der Waals surface area contributed by atoms with E-state index >= 15 is 0 Å². The van der Waals surface area contributed by atoms with Gasteiger partial charge in [-0.15, -0.1) is 0 Å². The number of hydrogen-bond donors (Lipinski definition) is 2. The van der Waals surface area contributed by atoms with Crippen molar-refractivity contribution < 1.29 is 24.2 Å². The smallest absolute Gasteiger partial charge is 0.274 e. The maximum Gasteiger partial charge on any atom is 0.274 e. The minimum atomic E-state index is -0.653. The molecule has 0 aliphatic heterocycles. The average Bonchev–Trinajstić information content (AvgIpc) is 2.35. The number of ether oxygens (including phenoxy) is 3. The topological polar surface area (TPSA) is 77.0 Å². The van der Waals surface area contributed by atoms with Gasteiger partial charge >= 0.3 is 0 Å². The molecule has 1 aromatic carbocycles. The standard InChI is InChI=1S/C10H13NO5/c1-14-7-4-6(10(12)11-13)5-8(15-2)9(7)16-3/h4-5,13H,1-3H3,(H,11,12). The summed E-state index contributed by atoms with van der Waals surface area (Å²) in [6.07, 6.45) is 0. The number of hydrogen-bond acceptors (Lipinski definition) is 5. The predicted octanol–water partition coefficient (Wildman–Crippen LogP) is 0.831. The Hall–Kier alpha value is -1.95. The molecule has 0 aliphatic rings. The van der Waals surface area contributed by atoms with Crippen LogP contribution in [-0.4, -0.2) is 32.4 Å². The second-order valence-corrected chi connectivity index (χ2v) is 2.85. The summed E-state index contributed by atoms with van der Waals surface area (Å²) in [5, 5.41) is 8.53. The van der Waals surface area contributed by atoms with E-state index in [9.17, 15) is 4.79 Å². The Morgan fingerprint density at radius 3 is 1.94 bits per heavy atom. The zero-order valence-electron chi connectivity index (χ0n) is 9.23. The highest BCUT2D eigenvalue weighted by atomic mass is 16.5. The van der Waals surface area contributed by atoms with Crippen LogP contribution in [0.5, 0.6) is 17.2 Å². The molecule has 1 rings (SSSR count). The van der Waals surface area contributed by atoms with E-state index in [2.05, 4.69) is 0 Å². The molecular formula is C10H13NO5. The molecule has 0 atom stereocenters. The van der Waals surface area contributed by atoms with E-state index in [-0.39, 0.29) is 5.56 Å². The lowest BCUT2D eigenvalue weighted by molar-refractivity contribution is 0.0705. The Labute approximate surface area is 92.7 Å². The minimum Gasteiger partial charge on any atom is -0.493 e. The number of carbonyl (C=O) groups excluding carboxylic acids is 1. The molecule has 0 spiro atoms. The zero-order valence-corrected chi connectivity index (χ0v) is 9.23. The summed E-state index contributed by atoms with van der Waals surface area (Å²) >= 11 is 0. The lowest BCUT2D eigenvalue weighted by Gasteiger charge is -2.13. The lowest BCUT2D eigenvalue weighted by Crippen LogP contribution is -2.18. The van der Waals surface area contributed by atoms with Crippen molar-refractivity contribution in [3.63, 3.8) is 0 Å². The minimum absolute atomic E-state index is 0.206. The van der Waals surface area contributed by atoms with Crippen molar-refractivity contribution in [1.29, 1.82) is 0 Å². The summed E-state index contributed by atoms with van der Waals surface area (Å²) in [5.41, 5.74) is 1.74. The molecule has 6 nitrogen and oxygen atoms in total. The van der Waals surface area contributed by atoms with Gasteiger partial charge in [0.2, 0.25) is 5.75 Å². The van der Waals surface area contributed by atoms with Crippen LogP contribution >= 0.6 is 0 Å². The molecular weight excluding hydrogens is 214 g/mol. The molecule has 1 aromatic rings. The first-order valence-electron chi connectivity index (χ1n) is 4.42. The lowest BCUT2D eigenvalue weighted by atomic mass is 10.1. The summed E-state index contributed by atoms with van der Waals surface area (Å²) in [7, 11) is 4.35. The first-order chi connectivity index (χ1) is 7.67. The molecule has 0 aliphatic carbocycles. The van der Waals surface area contributed by atoms with E-state index in [4.69, 9.17) is 19.4 Å². The third kappa shape index (κ3) is 2.17. The summed E-state index contributed by atoms with van der Waals surface area (Å²) in [6.45, 7) is 0. The van der Waals surface area contributed by atoms with Crippen LogP contribution in [-0.2, 0) is 0 Å². The van der Waals surface area contributed by atoms with E-state index in [0.29, 0.717) is 17.2 Å². The zero-order chi connectivity index (χ0) is 12.1. The van der Waals surface area contributed by atoms with Gasteiger partial charge < -0.3 is 14.2 Å². The number of amides is 1. The highest BCUT2D eigenvalue weighted by Crippen LogP contribution is 2.38. The summed E-state index contributed by atoms with van der Waals surface area (Å²) in [6, 6.07) is 2.87. The Kier molecular flexibility index (Phi) is 3.96. The molecule has 0 heterocycles. The van der Waals surface area contributed by atoms with E-state index in [0.717, 1.165) is 0 Å². The second kappa shape index (κ2) is 5.22. The third-order valence-electron chi connectivity index (χ3n) is 2.03. The van der Waals surface area contributed by atoms with Crippen molar-refractivity contribution >= 4 is 5.91 Å². The Morgan fingerprint density at radius 2 is 1.62 bits per heavy atom. The Balaban J connectivity index is 3.31. The van der Waals surface area contributed by atoms with Crippen molar-refractivity contribution in [3.8, 4) is 17.2 Å². The van der Waals surface area contributed by atoms with Crippen LogP contribution in [0.1, 0.15) is 10.4 Å². The van der Waals surface area contributed by atoms with E-state index < -0.39 is 5.91 Å².